The van der Waals surface area contributed by atoms with E-state index in [4.69, 9.17) is 21.1 Å². The van der Waals surface area contributed by atoms with Gasteiger partial charge in [0.1, 0.15) is 6.10 Å². The van der Waals surface area contributed by atoms with Crippen LogP contribution in [0.15, 0.2) is 0 Å². The highest BCUT2D eigenvalue weighted by molar-refractivity contribution is 4.94. The van der Waals surface area contributed by atoms with Gasteiger partial charge in [0.25, 0.3) is 5.85 Å². The molecule has 5 nitrogen and oxygen atoms in total. The maximum absolute atomic E-state index is 12.8. The number of alkyl halides is 1. The normalized spacial score (nSPS) is 51.5. The molecule has 0 radical (unpaired) electrons. The van der Waals surface area contributed by atoms with Gasteiger partial charge in [-0.15, -0.1) is 0 Å². The Kier molecular flexibility index (Phi) is 2.13. The van der Waals surface area contributed by atoms with Crippen LogP contribution in [0.25, 0.3) is 0 Å². The summed E-state index contributed by atoms with van der Waals surface area (Å²) < 4.78 is 17.2. The van der Waals surface area contributed by atoms with Gasteiger partial charge in [0, 0.05) is 0 Å². The van der Waals surface area contributed by atoms with Crippen molar-refractivity contribution < 1.29 is 24.4 Å². The Morgan fingerprint density at radius 3 is 2.36 bits per heavy atom. The van der Waals surface area contributed by atoms with Crippen molar-refractivity contribution in [1.82, 2.24) is 0 Å². The lowest BCUT2D eigenvalue weighted by Gasteiger charge is -2.18. The Bertz CT molecular complexity index is 153. The third kappa shape index (κ3) is 1.23. The quantitative estimate of drug-likeness (QED) is 0.351. The zero-order valence-electron chi connectivity index (χ0n) is 5.64. The van der Waals surface area contributed by atoms with E-state index in [0.29, 0.717) is 0 Å². The number of ether oxygens (including phenoxy) is 1. The highest BCUT2D eigenvalue weighted by Gasteiger charge is 2.54. The zero-order valence-corrected chi connectivity index (χ0v) is 5.64. The monoisotopic (exact) mass is 167 g/mol. The fraction of sp³-hybridized carbons (Fsp3) is 1.00. The summed E-state index contributed by atoms with van der Waals surface area (Å²) in [7, 11) is 0. The van der Waals surface area contributed by atoms with Crippen LogP contribution >= 0.6 is 0 Å². The van der Waals surface area contributed by atoms with E-state index in [9.17, 15) is 4.39 Å². The summed E-state index contributed by atoms with van der Waals surface area (Å²) in [6, 6.07) is -1.41. The molecule has 0 aromatic rings. The summed E-state index contributed by atoms with van der Waals surface area (Å²) in [5.41, 5.74) is 5.09. The maximum Gasteiger partial charge on any atom is 0.275 e. The van der Waals surface area contributed by atoms with Crippen molar-refractivity contribution in [2.45, 2.75) is 24.3 Å². The number of halogens is 1. The van der Waals surface area contributed by atoms with Crippen molar-refractivity contribution in [1.29, 1.82) is 0 Å². The SMILES string of the molecule is N[C@@H]1[C@@H](CO)OC(O)[C@@]1(O)F. The van der Waals surface area contributed by atoms with Crippen LogP contribution in [0.5, 0.6) is 0 Å². The molecule has 11 heavy (non-hydrogen) atoms. The predicted molar refractivity (Wildman–Crippen MR) is 32.0 cm³/mol. The topological polar surface area (TPSA) is 95.9 Å². The minimum absolute atomic E-state index is 0.537. The van der Waals surface area contributed by atoms with E-state index in [-0.39, 0.29) is 0 Å². The van der Waals surface area contributed by atoms with Gasteiger partial charge >= 0.3 is 0 Å². The molecule has 4 atom stereocenters. The number of hydrogen-bond donors (Lipinski definition) is 4. The molecule has 1 aliphatic rings. The fourth-order valence-electron chi connectivity index (χ4n) is 0.928. The summed E-state index contributed by atoms with van der Waals surface area (Å²) in [6.45, 7) is -0.537. The molecule has 0 aromatic carbocycles. The number of hydrogen-bond acceptors (Lipinski definition) is 5. The van der Waals surface area contributed by atoms with Crippen molar-refractivity contribution in [3.8, 4) is 0 Å². The van der Waals surface area contributed by atoms with Gasteiger partial charge < -0.3 is 25.8 Å². The van der Waals surface area contributed by atoms with Gasteiger partial charge in [-0.05, 0) is 0 Å². The van der Waals surface area contributed by atoms with Gasteiger partial charge in [0.15, 0.2) is 0 Å². The molecule has 0 saturated carbocycles. The minimum atomic E-state index is -2.96. The first-order valence-electron chi connectivity index (χ1n) is 3.11. The molecule has 6 heteroatoms. The highest BCUT2D eigenvalue weighted by atomic mass is 19.2. The molecule has 1 aliphatic heterocycles. The van der Waals surface area contributed by atoms with E-state index in [1.807, 2.05) is 0 Å². The van der Waals surface area contributed by atoms with E-state index < -0.39 is 30.9 Å². The van der Waals surface area contributed by atoms with E-state index in [0.717, 1.165) is 0 Å². The van der Waals surface area contributed by atoms with E-state index in [2.05, 4.69) is 4.74 Å². The lowest BCUT2D eigenvalue weighted by atomic mass is 10.1. The van der Waals surface area contributed by atoms with E-state index in [1.165, 1.54) is 0 Å². The minimum Gasteiger partial charge on any atom is -0.394 e. The summed E-state index contributed by atoms with van der Waals surface area (Å²) in [4.78, 5) is 0. The average Bonchev–Trinajstić information content (AvgIpc) is 2.14. The molecule has 1 fully saturated rings. The first kappa shape index (κ1) is 8.82. The van der Waals surface area contributed by atoms with Crippen LogP contribution in [-0.4, -0.2) is 46.2 Å². The second-order valence-electron chi connectivity index (χ2n) is 2.46. The van der Waals surface area contributed by atoms with E-state index in [1.54, 1.807) is 0 Å². The Morgan fingerprint density at radius 1 is 1.64 bits per heavy atom. The molecule has 1 unspecified atom stereocenters. The largest absolute Gasteiger partial charge is 0.394 e. The molecule has 5 N–H and O–H groups in total. The summed E-state index contributed by atoms with van der Waals surface area (Å²) >= 11 is 0. The first-order valence-corrected chi connectivity index (χ1v) is 3.11. The third-order valence-electron chi connectivity index (χ3n) is 1.70. The van der Waals surface area contributed by atoms with E-state index >= 15 is 0 Å². The molecule has 0 aliphatic carbocycles. The molecule has 0 aromatic heterocycles. The zero-order chi connectivity index (χ0) is 8.65. The molecular weight excluding hydrogens is 157 g/mol. The van der Waals surface area contributed by atoms with Crippen LogP contribution in [0.2, 0.25) is 0 Å². The lowest BCUT2D eigenvalue weighted by Crippen LogP contribution is -2.50. The average molecular weight is 167 g/mol. The first-order chi connectivity index (χ1) is 5.00. The highest BCUT2D eigenvalue weighted by Crippen LogP contribution is 2.29. The van der Waals surface area contributed by atoms with Crippen molar-refractivity contribution in [2.75, 3.05) is 6.61 Å². The Hall–Kier alpha value is -0.270. The molecular formula is C5H10FNO4. The summed E-state index contributed by atoms with van der Waals surface area (Å²) in [6.07, 6.45) is -3.03. The van der Waals surface area contributed by atoms with Crippen molar-refractivity contribution in [3.05, 3.63) is 0 Å². The second kappa shape index (κ2) is 2.65. The Labute approximate surface area is 62.2 Å². The molecule has 0 amide bonds. The van der Waals surface area contributed by atoms with Crippen molar-refractivity contribution in [2.24, 2.45) is 5.73 Å². The van der Waals surface area contributed by atoms with Gasteiger partial charge in [0.05, 0.1) is 12.6 Å². The molecule has 0 spiro atoms. The number of rotatable bonds is 1. The third-order valence-corrected chi connectivity index (χ3v) is 1.70. The van der Waals surface area contributed by atoms with Crippen LogP contribution in [0.1, 0.15) is 0 Å². The van der Waals surface area contributed by atoms with Gasteiger partial charge in [-0.1, -0.05) is 0 Å². The van der Waals surface area contributed by atoms with Crippen molar-refractivity contribution in [3.63, 3.8) is 0 Å². The van der Waals surface area contributed by atoms with Gasteiger partial charge in [0.2, 0.25) is 6.29 Å². The van der Waals surface area contributed by atoms with Crippen LogP contribution < -0.4 is 5.73 Å². The molecule has 1 heterocycles. The molecule has 66 valence electrons. The summed E-state index contributed by atoms with van der Waals surface area (Å²) in [5.74, 6) is -2.96. The maximum atomic E-state index is 12.8. The standard InChI is InChI=1S/C5H10FNO4/c6-5(10)3(7)2(1-8)11-4(5)9/h2-4,8-10H,1,7H2/t2-,3-,4?,5-/m1/s1. The molecule has 1 rings (SSSR count). The van der Waals surface area contributed by atoms with Gasteiger partial charge in [-0.3, -0.25) is 0 Å². The Balaban J connectivity index is 2.71. The number of aliphatic hydroxyl groups excluding tert-OH is 2. The lowest BCUT2D eigenvalue weighted by molar-refractivity contribution is -0.225. The van der Waals surface area contributed by atoms with Gasteiger partial charge in [-0.2, -0.15) is 0 Å². The number of aliphatic hydroxyl groups is 3. The van der Waals surface area contributed by atoms with Crippen molar-refractivity contribution >= 4 is 0 Å². The Morgan fingerprint density at radius 2 is 2.18 bits per heavy atom. The fourth-order valence-corrected chi connectivity index (χ4v) is 0.928. The van der Waals surface area contributed by atoms with Crippen LogP contribution in [0.4, 0.5) is 4.39 Å². The predicted octanol–water partition coefficient (Wildman–Crippen LogP) is -2.32. The number of nitrogens with two attached hydrogens (primary N) is 1. The van der Waals surface area contributed by atoms with Crippen LogP contribution in [0.3, 0.4) is 0 Å². The molecule has 0 bridgehead atoms. The van der Waals surface area contributed by atoms with Crippen LogP contribution in [0, 0.1) is 0 Å². The second-order valence-corrected chi connectivity index (χ2v) is 2.46. The summed E-state index contributed by atoms with van der Waals surface area (Å²) in [5, 5.41) is 25.9. The smallest absolute Gasteiger partial charge is 0.275 e. The molecule has 1 saturated heterocycles. The van der Waals surface area contributed by atoms with Gasteiger partial charge in [-0.25, -0.2) is 4.39 Å². The van der Waals surface area contributed by atoms with Crippen LogP contribution in [-0.2, 0) is 4.74 Å².